The number of carbonyl (C=O) groups is 2. The number of amides is 1. The Bertz CT molecular complexity index is 2000. The molecule has 6 rings (SSSR count). The Morgan fingerprint density at radius 1 is 0.881 bits per heavy atom. The summed E-state index contributed by atoms with van der Waals surface area (Å²) in [7, 11) is 0. The van der Waals surface area contributed by atoms with Crippen LogP contribution < -0.4 is 11.1 Å². The van der Waals surface area contributed by atoms with Gasteiger partial charge in [-0.2, -0.15) is 0 Å². The minimum absolute atomic E-state index is 0.149. The van der Waals surface area contributed by atoms with Crippen LogP contribution in [0.15, 0.2) is 91.1 Å². The predicted molar refractivity (Wildman–Crippen MR) is 161 cm³/mol. The molecule has 0 spiro atoms. The molecule has 0 bridgehead atoms. The zero-order valence-electron chi connectivity index (χ0n) is 22.7. The molecule has 0 saturated heterocycles. The molecular weight excluding hydrogens is 530 g/mol. The molecule has 0 atom stereocenters. The summed E-state index contributed by atoms with van der Waals surface area (Å²) in [6.07, 6.45) is 1.62. The van der Waals surface area contributed by atoms with Crippen molar-refractivity contribution < 1.29 is 14.7 Å². The number of benzene rings is 2. The fourth-order valence-electron chi connectivity index (χ4n) is 4.78. The molecule has 4 aromatic heterocycles. The summed E-state index contributed by atoms with van der Waals surface area (Å²) in [6, 6.07) is 25.3. The smallest absolute Gasteiger partial charge is 0.335 e. The lowest BCUT2D eigenvalue weighted by atomic mass is 10.0. The summed E-state index contributed by atoms with van der Waals surface area (Å²) in [4.78, 5) is 43.2. The molecule has 10 nitrogen and oxygen atoms in total. The van der Waals surface area contributed by atoms with Crippen molar-refractivity contribution in [1.29, 1.82) is 0 Å². The number of nitrogens with two attached hydrogens (primary N) is 1. The Morgan fingerprint density at radius 2 is 1.69 bits per heavy atom. The van der Waals surface area contributed by atoms with Gasteiger partial charge in [0.25, 0.3) is 5.91 Å². The van der Waals surface area contributed by atoms with Crippen molar-refractivity contribution in [1.82, 2.24) is 24.5 Å². The van der Waals surface area contributed by atoms with Crippen molar-refractivity contribution in [3.8, 4) is 28.5 Å². The number of pyridine rings is 3. The second kappa shape index (κ2) is 10.6. The third-order valence-electron chi connectivity index (χ3n) is 6.92. The van der Waals surface area contributed by atoms with Gasteiger partial charge in [-0.05, 0) is 74.0 Å². The molecule has 0 aliphatic heterocycles. The molecular formula is C32H25N7O3. The third-order valence-corrected chi connectivity index (χ3v) is 6.92. The lowest BCUT2D eigenvalue weighted by Crippen LogP contribution is -2.15. The van der Waals surface area contributed by atoms with E-state index in [1.807, 2.05) is 53.1 Å². The van der Waals surface area contributed by atoms with Gasteiger partial charge in [0.15, 0.2) is 11.5 Å². The average Bonchev–Trinajstić information content (AvgIpc) is 3.37. The van der Waals surface area contributed by atoms with Gasteiger partial charge in [-0.3, -0.25) is 9.36 Å². The zero-order chi connectivity index (χ0) is 29.4. The Morgan fingerprint density at radius 3 is 2.40 bits per heavy atom. The Hall–Kier alpha value is -5.90. The number of hydrogen-bond acceptors (Lipinski definition) is 7. The van der Waals surface area contributed by atoms with Gasteiger partial charge < -0.3 is 16.2 Å². The van der Waals surface area contributed by atoms with Crippen molar-refractivity contribution in [2.45, 2.75) is 13.8 Å². The van der Waals surface area contributed by atoms with E-state index in [-0.39, 0.29) is 11.5 Å². The maximum atomic E-state index is 13.0. The number of carbonyl (C=O) groups excluding carboxylic acids is 1. The number of nitrogen functional groups attached to an aromatic ring is 1. The van der Waals surface area contributed by atoms with Crippen LogP contribution in [0.2, 0.25) is 0 Å². The molecule has 4 heterocycles. The first-order valence-corrected chi connectivity index (χ1v) is 13.1. The highest BCUT2D eigenvalue weighted by atomic mass is 16.4. The minimum Gasteiger partial charge on any atom is -0.478 e. The van der Waals surface area contributed by atoms with E-state index in [4.69, 9.17) is 20.7 Å². The van der Waals surface area contributed by atoms with E-state index >= 15 is 0 Å². The Labute approximate surface area is 240 Å². The van der Waals surface area contributed by atoms with E-state index in [2.05, 4.69) is 10.3 Å². The summed E-state index contributed by atoms with van der Waals surface area (Å²) in [5.41, 5.74) is 11.9. The largest absolute Gasteiger partial charge is 0.478 e. The van der Waals surface area contributed by atoms with E-state index in [0.717, 1.165) is 11.3 Å². The quantitative estimate of drug-likeness (QED) is 0.237. The number of aryl methyl sites for hydroxylation is 2. The molecule has 0 aliphatic carbocycles. The minimum atomic E-state index is -1.04. The average molecular weight is 556 g/mol. The number of aromatic carboxylic acids is 1. The SMILES string of the molecule is Cc1cc(C(=O)Nc2ccc(-n3c(-c4cccnc4N)nc4ccc(-c5ccccc5)nc43)nc2C)ccc1C(=O)O. The zero-order valence-corrected chi connectivity index (χ0v) is 22.7. The molecule has 10 heteroatoms. The fourth-order valence-corrected chi connectivity index (χ4v) is 4.78. The first-order chi connectivity index (χ1) is 20.3. The van der Waals surface area contributed by atoms with Crippen LogP contribution in [-0.4, -0.2) is 41.5 Å². The van der Waals surface area contributed by atoms with Crippen molar-refractivity contribution in [3.63, 3.8) is 0 Å². The number of imidazole rings is 1. The van der Waals surface area contributed by atoms with E-state index in [9.17, 15) is 14.7 Å². The summed E-state index contributed by atoms with van der Waals surface area (Å²) in [5.74, 6) is -0.0302. The van der Waals surface area contributed by atoms with E-state index in [1.54, 1.807) is 44.3 Å². The van der Waals surface area contributed by atoms with Gasteiger partial charge in [-0.15, -0.1) is 0 Å². The van der Waals surface area contributed by atoms with Crippen LogP contribution in [0.25, 0.3) is 39.6 Å². The monoisotopic (exact) mass is 555 g/mol. The van der Waals surface area contributed by atoms with Crippen LogP contribution in [0, 0.1) is 13.8 Å². The highest BCUT2D eigenvalue weighted by molar-refractivity contribution is 6.05. The second-order valence-electron chi connectivity index (χ2n) is 9.70. The molecule has 42 heavy (non-hydrogen) atoms. The number of nitrogens with one attached hydrogen (secondary N) is 1. The van der Waals surface area contributed by atoms with Gasteiger partial charge in [0.2, 0.25) is 0 Å². The number of rotatable bonds is 6. The molecule has 2 aromatic carbocycles. The summed E-state index contributed by atoms with van der Waals surface area (Å²) in [6.45, 7) is 3.44. The van der Waals surface area contributed by atoms with Crippen LogP contribution in [0.4, 0.5) is 11.5 Å². The lowest BCUT2D eigenvalue weighted by Gasteiger charge is -2.13. The summed E-state index contributed by atoms with van der Waals surface area (Å²) in [5, 5.41) is 12.2. The van der Waals surface area contributed by atoms with Crippen LogP contribution in [0.1, 0.15) is 32.0 Å². The Balaban J connectivity index is 1.43. The normalized spacial score (nSPS) is 11.0. The highest BCUT2D eigenvalue weighted by Crippen LogP contribution is 2.32. The van der Waals surface area contributed by atoms with E-state index < -0.39 is 5.97 Å². The van der Waals surface area contributed by atoms with Crippen LogP contribution in [-0.2, 0) is 0 Å². The molecule has 6 aromatic rings. The van der Waals surface area contributed by atoms with Gasteiger partial charge in [0.1, 0.15) is 17.2 Å². The van der Waals surface area contributed by atoms with Gasteiger partial charge in [0.05, 0.1) is 28.2 Å². The van der Waals surface area contributed by atoms with Crippen molar-refractivity contribution in [3.05, 3.63) is 114 Å². The number of fused-ring (bicyclic) bond motifs is 1. The first-order valence-electron chi connectivity index (χ1n) is 13.1. The van der Waals surface area contributed by atoms with Crippen LogP contribution in [0.3, 0.4) is 0 Å². The molecule has 4 N–H and O–H groups in total. The van der Waals surface area contributed by atoms with Crippen LogP contribution in [0.5, 0.6) is 0 Å². The van der Waals surface area contributed by atoms with Gasteiger partial charge in [-0.25, -0.2) is 24.7 Å². The first kappa shape index (κ1) is 26.3. The molecule has 0 unspecified atom stereocenters. The van der Waals surface area contributed by atoms with Crippen molar-refractivity contribution in [2.75, 3.05) is 11.1 Å². The summed E-state index contributed by atoms with van der Waals surface area (Å²) < 4.78 is 1.84. The second-order valence-corrected chi connectivity index (χ2v) is 9.70. The number of nitrogens with zero attached hydrogens (tertiary/aromatic N) is 5. The van der Waals surface area contributed by atoms with Crippen molar-refractivity contribution >= 4 is 34.5 Å². The highest BCUT2D eigenvalue weighted by Gasteiger charge is 2.20. The number of hydrogen-bond donors (Lipinski definition) is 3. The molecule has 0 aliphatic rings. The summed E-state index contributed by atoms with van der Waals surface area (Å²) >= 11 is 0. The molecule has 1 amide bonds. The number of carboxylic acids is 1. The van der Waals surface area contributed by atoms with E-state index in [1.165, 1.54) is 12.1 Å². The van der Waals surface area contributed by atoms with Crippen molar-refractivity contribution in [2.24, 2.45) is 0 Å². The maximum absolute atomic E-state index is 13.0. The number of carboxylic acid groups (broad SMARTS) is 1. The van der Waals surface area contributed by atoms with Gasteiger partial charge in [0, 0.05) is 17.3 Å². The molecule has 206 valence electrons. The lowest BCUT2D eigenvalue weighted by molar-refractivity contribution is 0.0695. The number of anilines is 2. The Kier molecular flexibility index (Phi) is 6.63. The fraction of sp³-hybridized carbons (Fsp3) is 0.0625. The molecule has 0 fully saturated rings. The predicted octanol–water partition coefficient (Wildman–Crippen LogP) is 5.69. The standard InChI is InChI=1S/C32H25N7O3/c1-18-17-21(10-11-22(18)32(41)42)31(40)38-24-14-15-27(35-19(24)2)39-29(23-9-6-16-34-28(23)33)37-26-13-12-25(36-30(26)39)20-7-4-3-5-8-20/h3-17H,1-2H3,(H2,33,34)(H,38,40)(H,41,42). The number of aromatic nitrogens is 5. The molecule has 0 radical (unpaired) electrons. The van der Waals surface area contributed by atoms with E-state index in [0.29, 0.717) is 56.7 Å². The third kappa shape index (κ3) is 4.81. The van der Waals surface area contributed by atoms with Gasteiger partial charge in [-0.1, -0.05) is 30.3 Å². The topological polar surface area (TPSA) is 149 Å². The maximum Gasteiger partial charge on any atom is 0.335 e. The van der Waals surface area contributed by atoms with Crippen LogP contribution >= 0.6 is 0 Å². The molecule has 0 saturated carbocycles. The van der Waals surface area contributed by atoms with Gasteiger partial charge >= 0.3 is 5.97 Å².